The summed E-state index contributed by atoms with van der Waals surface area (Å²) >= 11 is 0. The van der Waals surface area contributed by atoms with Crippen LogP contribution in [0.15, 0.2) is 12.4 Å². The van der Waals surface area contributed by atoms with Crippen LogP contribution in [0.25, 0.3) is 0 Å². The van der Waals surface area contributed by atoms with Gasteiger partial charge < -0.3 is 9.88 Å². The highest BCUT2D eigenvalue weighted by molar-refractivity contribution is 5.80. The second-order valence-electron chi connectivity index (χ2n) is 4.15. The van der Waals surface area contributed by atoms with Crippen molar-refractivity contribution >= 4 is 5.78 Å². The van der Waals surface area contributed by atoms with E-state index in [4.69, 9.17) is 0 Å². The third kappa shape index (κ3) is 3.16. The largest absolute Gasteiger partial charge is 0.338 e. The lowest BCUT2D eigenvalue weighted by Crippen LogP contribution is -2.21. The van der Waals surface area contributed by atoms with Gasteiger partial charge in [0.2, 0.25) is 0 Å². The Bertz CT molecular complexity index is 341. The molecule has 1 aromatic rings. The molecule has 82 valence electrons. The second kappa shape index (κ2) is 4.57. The number of Topliss-reactive ketones (excluding diaryl/α,β-unsaturated/α-hetero) is 1. The quantitative estimate of drug-likeness (QED) is 0.746. The van der Waals surface area contributed by atoms with Crippen LogP contribution in [0.3, 0.4) is 0 Å². The Morgan fingerprint density at radius 3 is 3.07 bits per heavy atom. The molecule has 4 nitrogen and oxygen atoms in total. The summed E-state index contributed by atoms with van der Waals surface area (Å²) in [6.45, 7) is 0.813. The van der Waals surface area contributed by atoms with Crippen LogP contribution in [0.4, 0.5) is 0 Å². The van der Waals surface area contributed by atoms with Crippen molar-refractivity contribution in [3.8, 4) is 0 Å². The zero-order valence-corrected chi connectivity index (χ0v) is 9.07. The van der Waals surface area contributed by atoms with Gasteiger partial charge in [0.15, 0.2) is 0 Å². The molecule has 0 aliphatic heterocycles. The lowest BCUT2D eigenvalue weighted by molar-refractivity contribution is -0.118. The van der Waals surface area contributed by atoms with Crippen LogP contribution >= 0.6 is 0 Å². The molecule has 0 radical (unpaired) electrons. The summed E-state index contributed by atoms with van der Waals surface area (Å²) in [5, 5.41) is 3.33. The first kappa shape index (κ1) is 10.4. The normalized spacial score (nSPS) is 15.5. The van der Waals surface area contributed by atoms with E-state index in [1.807, 2.05) is 17.8 Å². The number of nitrogens with zero attached hydrogens (tertiary/aromatic N) is 2. The minimum atomic E-state index is 0.262. The fourth-order valence-corrected chi connectivity index (χ4v) is 1.53. The molecular formula is C11H17N3O. The topological polar surface area (TPSA) is 46.9 Å². The average Bonchev–Trinajstić information content (AvgIpc) is 2.93. The van der Waals surface area contributed by atoms with Crippen molar-refractivity contribution in [1.82, 2.24) is 14.9 Å². The van der Waals surface area contributed by atoms with E-state index in [9.17, 15) is 4.79 Å². The maximum Gasteiger partial charge on any atom is 0.141 e. The van der Waals surface area contributed by atoms with Gasteiger partial charge in [-0.2, -0.15) is 0 Å². The van der Waals surface area contributed by atoms with E-state index in [0.717, 1.165) is 12.4 Å². The Morgan fingerprint density at radius 1 is 1.67 bits per heavy atom. The molecule has 1 aliphatic carbocycles. The fourth-order valence-electron chi connectivity index (χ4n) is 1.53. The zero-order valence-electron chi connectivity index (χ0n) is 9.07. The number of carbonyl (C=O) groups excluding carboxylic acids is 1. The molecule has 1 aliphatic rings. The Kier molecular flexibility index (Phi) is 3.16. The van der Waals surface area contributed by atoms with E-state index in [2.05, 4.69) is 10.3 Å². The Morgan fingerprint density at radius 2 is 2.47 bits per heavy atom. The van der Waals surface area contributed by atoms with Crippen molar-refractivity contribution in [1.29, 1.82) is 0 Å². The molecule has 1 heterocycles. The van der Waals surface area contributed by atoms with Gasteiger partial charge in [0.25, 0.3) is 0 Å². The van der Waals surface area contributed by atoms with Crippen LogP contribution in [0.1, 0.15) is 25.1 Å². The van der Waals surface area contributed by atoms with Crippen LogP contribution in [-0.2, 0) is 18.3 Å². The summed E-state index contributed by atoms with van der Waals surface area (Å²) in [7, 11) is 1.91. The van der Waals surface area contributed by atoms with Gasteiger partial charge >= 0.3 is 0 Å². The molecule has 0 spiro atoms. The molecule has 1 saturated carbocycles. The third-order valence-corrected chi connectivity index (χ3v) is 2.69. The van der Waals surface area contributed by atoms with Gasteiger partial charge in [-0.3, -0.25) is 4.79 Å². The van der Waals surface area contributed by atoms with Gasteiger partial charge in [-0.25, -0.2) is 4.98 Å². The molecule has 1 fully saturated rings. The molecule has 2 rings (SSSR count). The molecule has 4 heteroatoms. The van der Waals surface area contributed by atoms with Crippen molar-refractivity contribution in [2.75, 3.05) is 6.54 Å². The number of carbonyl (C=O) groups is 1. The smallest absolute Gasteiger partial charge is 0.141 e. The number of hydrogen-bond donors (Lipinski definition) is 1. The summed E-state index contributed by atoms with van der Waals surface area (Å²) in [6, 6.07) is 0.686. The molecular weight excluding hydrogens is 190 g/mol. The number of nitrogens with one attached hydrogen (secondary N) is 1. The van der Waals surface area contributed by atoms with E-state index >= 15 is 0 Å². The minimum absolute atomic E-state index is 0.262. The summed E-state index contributed by atoms with van der Waals surface area (Å²) in [4.78, 5) is 15.7. The second-order valence-corrected chi connectivity index (χ2v) is 4.15. The molecule has 1 N–H and O–H groups in total. The number of aryl methyl sites for hydroxylation is 1. The summed E-state index contributed by atoms with van der Waals surface area (Å²) in [5.41, 5.74) is 0. The van der Waals surface area contributed by atoms with Gasteiger partial charge in [-0.05, 0) is 12.8 Å². The average molecular weight is 207 g/mol. The van der Waals surface area contributed by atoms with E-state index < -0.39 is 0 Å². The Labute approximate surface area is 89.7 Å². The first-order valence-electron chi connectivity index (χ1n) is 5.47. The summed E-state index contributed by atoms with van der Waals surface area (Å²) in [6.07, 6.45) is 7.20. The van der Waals surface area contributed by atoms with Crippen LogP contribution in [-0.4, -0.2) is 27.9 Å². The molecule has 0 atom stereocenters. The van der Waals surface area contributed by atoms with Gasteiger partial charge in [-0.1, -0.05) is 0 Å². The molecule has 0 amide bonds. The number of ketones is 1. The first-order chi connectivity index (χ1) is 7.25. The van der Waals surface area contributed by atoms with Crippen LogP contribution < -0.4 is 5.32 Å². The molecule has 0 bridgehead atoms. The van der Waals surface area contributed by atoms with Crippen LogP contribution in [0, 0.1) is 0 Å². The van der Waals surface area contributed by atoms with Crippen LogP contribution in [0.2, 0.25) is 0 Å². The Balaban J connectivity index is 1.69. The molecule has 15 heavy (non-hydrogen) atoms. The van der Waals surface area contributed by atoms with Gasteiger partial charge in [-0.15, -0.1) is 0 Å². The first-order valence-corrected chi connectivity index (χ1v) is 5.47. The van der Waals surface area contributed by atoms with E-state index in [-0.39, 0.29) is 5.78 Å². The van der Waals surface area contributed by atoms with Crippen molar-refractivity contribution in [2.45, 2.75) is 31.7 Å². The predicted octanol–water partition coefficient (Wildman–Crippen LogP) is 0.674. The van der Waals surface area contributed by atoms with E-state index in [0.29, 0.717) is 18.9 Å². The molecule has 0 saturated heterocycles. The third-order valence-electron chi connectivity index (χ3n) is 2.69. The highest BCUT2D eigenvalue weighted by atomic mass is 16.1. The van der Waals surface area contributed by atoms with Crippen molar-refractivity contribution in [2.24, 2.45) is 7.05 Å². The number of hydrogen-bond acceptors (Lipinski definition) is 3. The summed E-state index contributed by atoms with van der Waals surface area (Å²) in [5.74, 6) is 1.11. The number of imidazole rings is 1. The maximum atomic E-state index is 11.6. The standard InChI is InChI=1S/C11H17N3O/c1-14-7-6-13-11(14)8-10(15)4-5-12-9-2-3-9/h6-7,9,12H,2-5,8H2,1H3. The zero-order chi connectivity index (χ0) is 10.7. The molecule has 0 unspecified atom stereocenters. The van der Waals surface area contributed by atoms with Crippen LogP contribution in [0.5, 0.6) is 0 Å². The lowest BCUT2D eigenvalue weighted by Gasteiger charge is -2.02. The highest BCUT2D eigenvalue weighted by Crippen LogP contribution is 2.18. The lowest BCUT2D eigenvalue weighted by atomic mass is 10.2. The predicted molar refractivity (Wildman–Crippen MR) is 57.6 cm³/mol. The van der Waals surface area contributed by atoms with Gasteiger partial charge in [0.05, 0.1) is 6.42 Å². The molecule has 1 aromatic heterocycles. The van der Waals surface area contributed by atoms with Crippen molar-refractivity contribution in [3.63, 3.8) is 0 Å². The maximum absolute atomic E-state index is 11.6. The SMILES string of the molecule is Cn1ccnc1CC(=O)CCNC1CC1. The molecule has 0 aromatic carbocycles. The summed E-state index contributed by atoms with van der Waals surface area (Å²) < 4.78 is 1.90. The number of aromatic nitrogens is 2. The van der Waals surface area contributed by atoms with E-state index in [1.54, 1.807) is 6.20 Å². The monoisotopic (exact) mass is 207 g/mol. The number of rotatable bonds is 6. The van der Waals surface area contributed by atoms with Crippen molar-refractivity contribution < 1.29 is 4.79 Å². The van der Waals surface area contributed by atoms with Crippen molar-refractivity contribution in [3.05, 3.63) is 18.2 Å². The highest BCUT2D eigenvalue weighted by Gasteiger charge is 2.20. The van der Waals surface area contributed by atoms with Gasteiger partial charge in [0, 0.05) is 38.4 Å². The van der Waals surface area contributed by atoms with E-state index in [1.165, 1.54) is 12.8 Å². The fraction of sp³-hybridized carbons (Fsp3) is 0.636. The Hall–Kier alpha value is -1.16. The van der Waals surface area contributed by atoms with Gasteiger partial charge in [0.1, 0.15) is 11.6 Å². The minimum Gasteiger partial charge on any atom is -0.338 e.